The lowest BCUT2D eigenvalue weighted by molar-refractivity contribution is -0.141. The van der Waals surface area contributed by atoms with Crippen molar-refractivity contribution in [3.8, 4) is 0 Å². The molecule has 1 atom stereocenters. The van der Waals surface area contributed by atoms with Crippen molar-refractivity contribution in [1.29, 1.82) is 0 Å². The fourth-order valence-electron chi connectivity index (χ4n) is 3.30. The maximum Gasteiger partial charge on any atom is 0.242 e. The Balaban J connectivity index is 2.11. The summed E-state index contributed by atoms with van der Waals surface area (Å²) < 4.78 is 0. The minimum absolute atomic E-state index is 0.0108. The first-order chi connectivity index (χ1) is 14.1. The zero-order valence-corrected chi connectivity index (χ0v) is 19.2. The first kappa shape index (κ1) is 23.7. The normalized spacial score (nSPS) is 12.5. The zero-order chi connectivity index (χ0) is 22.3. The first-order valence-corrected chi connectivity index (χ1v) is 10.8. The molecule has 4 heteroatoms. The molecule has 0 fully saturated rings. The van der Waals surface area contributed by atoms with E-state index in [4.69, 9.17) is 0 Å². The van der Waals surface area contributed by atoms with Crippen LogP contribution in [0.15, 0.2) is 54.6 Å². The maximum atomic E-state index is 13.2. The van der Waals surface area contributed by atoms with Crippen LogP contribution in [0.1, 0.15) is 70.6 Å². The summed E-state index contributed by atoms with van der Waals surface area (Å²) in [6.45, 7) is 12.4. The fraction of sp³-hybridized carbons (Fsp3) is 0.462. The summed E-state index contributed by atoms with van der Waals surface area (Å²) in [4.78, 5) is 27.6. The van der Waals surface area contributed by atoms with Crippen molar-refractivity contribution in [2.45, 2.75) is 78.4 Å². The Bertz CT molecular complexity index is 820. The van der Waals surface area contributed by atoms with E-state index < -0.39 is 6.04 Å². The molecule has 0 aliphatic rings. The van der Waals surface area contributed by atoms with Gasteiger partial charge in [-0.05, 0) is 56.7 Å². The van der Waals surface area contributed by atoms with E-state index in [-0.39, 0.29) is 17.4 Å². The van der Waals surface area contributed by atoms with Crippen LogP contribution in [-0.2, 0) is 22.6 Å². The molecule has 0 spiro atoms. The number of hydrogen-bond acceptors (Lipinski definition) is 2. The highest BCUT2D eigenvalue weighted by Gasteiger charge is 2.28. The average Bonchev–Trinajstić information content (AvgIpc) is 2.69. The summed E-state index contributed by atoms with van der Waals surface area (Å²) in [5.41, 5.74) is 3.11. The molecule has 0 saturated heterocycles. The van der Waals surface area contributed by atoms with Gasteiger partial charge in [-0.2, -0.15) is 0 Å². The quantitative estimate of drug-likeness (QED) is 0.663. The van der Waals surface area contributed by atoms with Gasteiger partial charge in [0.05, 0.1) is 0 Å². The average molecular weight is 409 g/mol. The van der Waals surface area contributed by atoms with E-state index >= 15 is 0 Å². The minimum atomic E-state index is -0.541. The smallest absolute Gasteiger partial charge is 0.242 e. The molecule has 4 nitrogen and oxygen atoms in total. The van der Waals surface area contributed by atoms with Crippen molar-refractivity contribution in [2.75, 3.05) is 0 Å². The van der Waals surface area contributed by atoms with E-state index in [9.17, 15) is 9.59 Å². The van der Waals surface area contributed by atoms with E-state index in [0.29, 0.717) is 25.3 Å². The molecule has 0 radical (unpaired) electrons. The van der Waals surface area contributed by atoms with Crippen molar-refractivity contribution in [3.63, 3.8) is 0 Å². The number of nitrogens with one attached hydrogen (secondary N) is 1. The van der Waals surface area contributed by atoms with Gasteiger partial charge < -0.3 is 10.2 Å². The lowest BCUT2D eigenvalue weighted by atomic mass is 10.00. The van der Waals surface area contributed by atoms with Gasteiger partial charge in [0, 0.05) is 18.5 Å². The second kappa shape index (κ2) is 10.4. The molecule has 1 unspecified atom stereocenters. The minimum Gasteiger partial charge on any atom is -0.350 e. The van der Waals surface area contributed by atoms with E-state index in [1.165, 1.54) is 5.56 Å². The number of nitrogens with zero attached hydrogens (tertiary/aromatic N) is 1. The Hall–Kier alpha value is -2.62. The highest BCUT2D eigenvalue weighted by molar-refractivity contribution is 5.87. The molecule has 0 aliphatic carbocycles. The van der Waals surface area contributed by atoms with Gasteiger partial charge in [-0.25, -0.2) is 0 Å². The van der Waals surface area contributed by atoms with Crippen LogP contribution in [0.2, 0.25) is 0 Å². The lowest BCUT2D eigenvalue weighted by Gasteiger charge is -2.31. The largest absolute Gasteiger partial charge is 0.350 e. The molecular weight excluding hydrogens is 372 g/mol. The van der Waals surface area contributed by atoms with Gasteiger partial charge in [0.2, 0.25) is 11.8 Å². The van der Waals surface area contributed by atoms with Crippen LogP contribution in [-0.4, -0.2) is 28.3 Å². The highest BCUT2D eigenvalue weighted by atomic mass is 16.2. The number of carbonyl (C=O) groups excluding carboxylic acids is 2. The molecule has 2 amide bonds. The molecule has 0 aliphatic heterocycles. The molecule has 2 aromatic carbocycles. The second-order valence-corrected chi connectivity index (χ2v) is 9.32. The summed E-state index contributed by atoms with van der Waals surface area (Å²) >= 11 is 0. The number of aryl methyl sites for hydroxylation is 1. The third kappa shape index (κ3) is 7.33. The summed E-state index contributed by atoms with van der Waals surface area (Å²) in [6, 6.07) is 17.7. The number of hydrogen-bond donors (Lipinski definition) is 1. The number of rotatable bonds is 8. The molecule has 2 rings (SSSR count). The van der Waals surface area contributed by atoms with Crippen molar-refractivity contribution >= 4 is 11.8 Å². The Morgan fingerprint density at radius 1 is 0.900 bits per heavy atom. The second-order valence-electron chi connectivity index (χ2n) is 9.32. The van der Waals surface area contributed by atoms with Crippen LogP contribution in [0, 0.1) is 0 Å². The molecule has 0 saturated carbocycles. The Morgan fingerprint density at radius 3 is 2.03 bits per heavy atom. The first-order valence-electron chi connectivity index (χ1n) is 10.8. The van der Waals surface area contributed by atoms with E-state index in [1.807, 2.05) is 51.1 Å². The molecular formula is C26H36N2O2. The van der Waals surface area contributed by atoms with Crippen LogP contribution in [0.4, 0.5) is 0 Å². The van der Waals surface area contributed by atoms with Crippen LogP contribution >= 0.6 is 0 Å². The standard InChI is InChI=1S/C26H36N2O2/c1-19(2)23-15-12-21(13-16-23)14-17-24(29)28(18-22-10-8-7-9-11-22)20(3)25(30)27-26(4,5)6/h7-13,15-16,19-20H,14,17-18H2,1-6H3,(H,27,30). The Morgan fingerprint density at radius 2 is 1.50 bits per heavy atom. The summed E-state index contributed by atoms with van der Waals surface area (Å²) in [6.07, 6.45) is 1.04. The molecule has 0 aromatic heterocycles. The van der Waals surface area contributed by atoms with Gasteiger partial charge in [0.15, 0.2) is 0 Å². The van der Waals surface area contributed by atoms with Crippen molar-refractivity contribution in [3.05, 3.63) is 71.3 Å². The maximum absolute atomic E-state index is 13.2. The predicted octanol–water partition coefficient (Wildman–Crippen LogP) is 5.07. The third-order valence-electron chi connectivity index (χ3n) is 5.14. The SMILES string of the molecule is CC(C)c1ccc(CCC(=O)N(Cc2ccccc2)C(C)C(=O)NC(C)(C)C)cc1. The van der Waals surface area contributed by atoms with Crippen molar-refractivity contribution < 1.29 is 9.59 Å². The summed E-state index contributed by atoms with van der Waals surface area (Å²) in [5.74, 6) is 0.348. The number of benzene rings is 2. The van der Waals surface area contributed by atoms with E-state index in [0.717, 1.165) is 11.1 Å². The monoisotopic (exact) mass is 408 g/mol. The zero-order valence-electron chi connectivity index (χ0n) is 19.2. The van der Waals surface area contributed by atoms with E-state index in [2.05, 4.69) is 43.4 Å². The molecule has 2 aromatic rings. The molecule has 0 heterocycles. The summed E-state index contributed by atoms with van der Waals surface area (Å²) in [7, 11) is 0. The van der Waals surface area contributed by atoms with Crippen LogP contribution in [0.3, 0.4) is 0 Å². The van der Waals surface area contributed by atoms with Crippen molar-refractivity contribution in [2.24, 2.45) is 0 Å². The molecule has 1 N–H and O–H groups in total. The molecule has 0 bridgehead atoms. The molecule has 30 heavy (non-hydrogen) atoms. The van der Waals surface area contributed by atoms with Crippen LogP contribution in [0.25, 0.3) is 0 Å². The topological polar surface area (TPSA) is 49.4 Å². The highest BCUT2D eigenvalue weighted by Crippen LogP contribution is 2.17. The summed E-state index contributed by atoms with van der Waals surface area (Å²) in [5, 5.41) is 3.00. The van der Waals surface area contributed by atoms with Crippen molar-refractivity contribution in [1.82, 2.24) is 10.2 Å². The van der Waals surface area contributed by atoms with Gasteiger partial charge in [0.25, 0.3) is 0 Å². The van der Waals surface area contributed by atoms with Gasteiger partial charge >= 0.3 is 0 Å². The van der Waals surface area contributed by atoms with Gasteiger partial charge in [-0.3, -0.25) is 9.59 Å². The van der Waals surface area contributed by atoms with Crippen LogP contribution in [0.5, 0.6) is 0 Å². The molecule has 162 valence electrons. The predicted molar refractivity (Wildman–Crippen MR) is 123 cm³/mol. The third-order valence-corrected chi connectivity index (χ3v) is 5.14. The lowest BCUT2D eigenvalue weighted by Crippen LogP contribution is -2.52. The van der Waals surface area contributed by atoms with Crippen LogP contribution < -0.4 is 5.32 Å². The number of amides is 2. The van der Waals surface area contributed by atoms with E-state index in [1.54, 1.807) is 11.8 Å². The fourth-order valence-corrected chi connectivity index (χ4v) is 3.30. The number of carbonyl (C=O) groups is 2. The Kier molecular flexibility index (Phi) is 8.22. The van der Waals surface area contributed by atoms with Gasteiger partial charge in [-0.1, -0.05) is 68.4 Å². The van der Waals surface area contributed by atoms with Gasteiger partial charge in [0.1, 0.15) is 6.04 Å². The Labute approximate surface area is 181 Å². The van der Waals surface area contributed by atoms with Gasteiger partial charge in [-0.15, -0.1) is 0 Å².